The van der Waals surface area contributed by atoms with Crippen molar-refractivity contribution in [3.05, 3.63) is 34.1 Å². The van der Waals surface area contributed by atoms with Crippen LogP contribution in [0.15, 0.2) is 16.9 Å². The molecule has 0 aliphatic heterocycles. The molecule has 0 amide bonds. The van der Waals surface area contributed by atoms with Crippen LogP contribution in [0, 0.1) is 12.8 Å². The molecule has 0 saturated heterocycles. The van der Waals surface area contributed by atoms with Crippen molar-refractivity contribution >= 4 is 15.9 Å². The van der Waals surface area contributed by atoms with E-state index in [1.807, 2.05) is 31.0 Å². The third-order valence-corrected chi connectivity index (χ3v) is 4.25. The fraction of sp³-hybridized carbons (Fsp3) is 0.571. The van der Waals surface area contributed by atoms with Crippen molar-refractivity contribution in [3.63, 3.8) is 0 Å². The van der Waals surface area contributed by atoms with Crippen molar-refractivity contribution in [2.45, 2.75) is 33.9 Å². The van der Waals surface area contributed by atoms with Crippen molar-refractivity contribution < 1.29 is 0 Å². The number of halogens is 1. The van der Waals surface area contributed by atoms with E-state index in [-0.39, 0.29) is 0 Å². The molecule has 0 unspecified atom stereocenters. The molecule has 1 N–H and O–H groups in total. The first-order chi connectivity index (χ1) is 9.49. The van der Waals surface area contributed by atoms with Gasteiger partial charge in [-0.05, 0) is 35.3 Å². The smallest absolute Gasteiger partial charge is 0.123 e. The molecule has 0 atom stereocenters. The van der Waals surface area contributed by atoms with Crippen LogP contribution in [0.2, 0.25) is 0 Å². The fourth-order valence-electron chi connectivity index (χ4n) is 2.14. The van der Waals surface area contributed by atoms with Crippen LogP contribution >= 0.6 is 15.9 Å². The molecule has 6 heteroatoms. The summed E-state index contributed by atoms with van der Waals surface area (Å²) in [7, 11) is 1.97. The first-order valence-corrected chi connectivity index (χ1v) is 7.67. The summed E-state index contributed by atoms with van der Waals surface area (Å²) in [5, 5.41) is 7.86. The lowest BCUT2D eigenvalue weighted by molar-refractivity contribution is 0.530. The zero-order valence-corrected chi connectivity index (χ0v) is 14.1. The summed E-state index contributed by atoms with van der Waals surface area (Å²) < 4.78 is 5.16. The second-order valence-electron chi connectivity index (χ2n) is 5.47. The summed E-state index contributed by atoms with van der Waals surface area (Å²) in [5.74, 6) is 1.70. The van der Waals surface area contributed by atoms with Gasteiger partial charge in [-0.2, -0.15) is 5.10 Å². The zero-order valence-electron chi connectivity index (χ0n) is 12.5. The molecule has 0 aliphatic carbocycles. The first-order valence-electron chi connectivity index (χ1n) is 6.87. The topological polar surface area (TPSA) is 47.7 Å². The molecular formula is C14H22BrN5. The van der Waals surface area contributed by atoms with Gasteiger partial charge in [0, 0.05) is 19.4 Å². The maximum atomic E-state index is 4.43. The Hall–Kier alpha value is -1.14. The van der Waals surface area contributed by atoms with Gasteiger partial charge in [-0.25, -0.2) is 4.98 Å². The number of imidazole rings is 1. The Kier molecular flexibility index (Phi) is 4.99. The molecule has 0 spiro atoms. The van der Waals surface area contributed by atoms with E-state index in [1.165, 1.54) is 0 Å². The fourth-order valence-corrected chi connectivity index (χ4v) is 2.60. The summed E-state index contributed by atoms with van der Waals surface area (Å²) in [6, 6.07) is 0. The number of aromatic nitrogens is 4. The van der Waals surface area contributed by atoms with Crippen LogP contribution in [0.5, 0.6) is 0 Å². The van der Waals surface area contributed by atoms with Gasteiger partial charge in [0.05, 0.1) is 29.0 Å². The summed E-state index contributed by atoms with van der Waals surface area (Å²) in [6.07, 6.45) is 3.87. The van der Waals surface area contributed by atoms with Gasteiger partial charge in [-0.1, -0.05) is 13.8 Å². The van der Waals surface area contributed by atoms with Gasteiger partial charge in [-0.15, -0.1) is 0 Å². The molecule has 2 rings (SSSR count). The van der Waals surface area contributed by atoms with E-state index < -0.39 is 0 Å². The minimum atomic E-state index is 0.646. The van der Waals surface area contributed by atoms with E-state index in [2.05, 4.69) is 49.7 Å². The predicted octanol–water partition coefficient (Wildman–Crippen LogP) is 2.48. The van der Waals surface area contributed by atoms with Gasteiger partial charge in [0.25, 0.3) is 0 Å². The number of hydrogen-bond donors (Lipinski definition) is 1. The van der Waals surface area contributed by atoms with Gasteiger partial charge in [0.2, 0.25) is 0 Å². The van der Waals surface area contributed by atoms with Crippen molar-refractivity contribution in [3.8, 4) is 0 Å². The standard InChI is InChI=1S/C14H22BrN5/c1-10(2)7-16-8-13-17-5-6-20(13)9-12-14(15)11(3)18-19(12)4/h5-6,10,16H,7-9H2,1-4H3. The van der Waals surface area contributed by atoms with E-state index in [0.717, 1.165) is 41.3 Å². The largest absolute Gasteiger partial charge is 0.328 e. The molecule has 5 nitrogen and oxygen atoms in total. The van der Waals surface area contributed by atoms with Crippen molar-refractivity contribution in [2.24, 2.45) is 13.0 Å². The average Bonchev–Trinajstić information content (AvgIpc) is 2.90. The monoisotopic (exact) mass is 339 g/mol. The quantitative estimate of drug-likeness (QED) is 0.879. The summed E-state index contributed by atoms with van der Waals surface area (Å²) >= 11 is 3.61. The van der Waals surface area contributed by atoms with Gasteiger partial charge in [0.1, 0.15) is 5.82 Å². The lowest BCUT2D eigenvalue weighted by Crippen LogP contribution is -2.21. The molecule has 2 aromatic rings. The summed E-state index contributed by atoms with van der Waals surface area (Å²) in [5.41, 5.74) is 2.17. The molecule has 0 radical (unpaired) electrons. The Bertz CT molecular complexity index is 570. The highest BCUT2D eigenvalue weighted by Crippen LogP contribution is 2.21. The van der Waals surface area contributed by atoms with E-state index in [4.69, 9.17) is 0 Å². The van der Waals surface area contributed by atoms with E-state index >= 15 is 0 Å². The molecular weight excluding hydrogens is 318 g/mol. The highest BCUT2D eigenvalue weighted by molar-refractivity contribution is 9.10. The van der Waals surface area contributed by atoms with Crippen LogP contribution in [-0.2, 0) is 20.1 Å². The minimum absolute atomic E-state index is 0.646. The summed E-state index contributed by atoms with van der Waals surface area (Å²) in [4.78, 5) is 4.43. The average molecular weight is 340 g/mol. The Morgan fingerprint density at radius 1 is 1.40 bits per heavy atom. The maximum Gasteiger partial charge on any atom is 0.123 e. The van der Waals surface area contributed by atoms with E-state index in [1.54, 1.807) is 0 Å². The van der Waals surface area contributed by atoms with Gasteiger partial charge in [-0.3, -0.25) is 4.68 Å². The molecule has 2 aromatic heterocycles. The lowest BCUT2D eigenvalue weighted by Gasteiger charge is -2.11. The third kappa shape index (κ3) is 3.49. The lowest BCUT2D eigenvalue weighted by atomic mass is 10.2. The Morgan fingerprint density at radius 3 is 2.75 bits per heavy atom. The van der Waals surface area contributed by atoms with E-state index in [9.17, 15) is 0 Å². The maximum absolute atomic E-state index is 4.43. The molecule has 20 heavy (non-hydrogen) atoms. The highest BCUT2D eigenvalue weighted by Gasteiger charge is 2.12. The Labute approximate surface area is 128 Å². The second-order valence-corrected chi connectivity index (χ2v) is 6.26. The first kappa shape index (κ1) is 15.3. The van der Waals surface area contributed by atoms with Crippen LogP contribution < -0.4 is 5.32 Å². The number of hydrogen-bond acceptors (Lipinski definition) is 3. The zero-order chi connectivity index (χ0) is 14.7. The van der Waals surface area contributed by atoms with Crippen molar-refractivity contribution in [2.75, 3.05) is 6.54 Å². The number of nitrogens with one attached hydrogen (secondary N) is 1. The van der Waals surface area contributed by atoms with Gasteiger partial charge < -0.3 is 9.88 Å². The molecule has 0 aliphatic rings. The van der Waals surface area contributed by atoms with Crippen molar-refractivity contribution in [1.82, 2.24) is 24.6 Å². The van der Waals surface area contributed by atoms with Gasteiger partial charge in [0.15, 0.2) is 0 Å². The molecule has 0 bridgehead atoms. The van der Waals surface area contributed by atoms with Crippen LogP contribution in [0.4, 0.5) is 0 Å². The normalized spacial score (nSPS) is 11.5. The number of nitrogens with zero attached hydrogens (tertiary/aromatic N) is 4. The summed E-state index contributed by atoms with van der Waals surface area (Å²) in [6.45, 7) is 8.98. The van der Waals surface area contributed by atoms with Crippen molar-refractivity contribution in [1.29, 1.82) is 0 Å². The molecule has 2 heterocycles. The van der Waals surface area contributed by atoms with Gasteiger partial charge >= 0.3 is 0 Å². The van der Waals surface area contributed by atoms with E-state index in [0.29, 0.717) is 5.92 Å². The SMILES string of the molecule is Cc1nn(C)c(Cn2ccnc2CNCC(C)C)c1Br. The third-order valence-electron chi connectivity index (χ3n) is 3.22. The number of aryl methyl sites for hydroxylation is 2. The second kappa shape index (κ2) is 6.54. The predicted molar refractivity (Wildman–Crippen MR) is 83.5 cm³/mol. The Balaban J connectivity index is 2.08. The minimum Gasteiger partial charge on any atom is -0.328 e. The van der Waals surface area contributed by atoms with Crippen LogP contribution in [0.1, 0.15) is 31.1 Å². The highest BCUT2D eigenvalue weighted by atomic mass is 79.9. The molecule has 110 valence electrons. The Morgan fingerprint density at radius 2 is 2.15 bits per heavy atom. The molecule has 0 fully saturated rings. The van der Waals surface area contributed by atoms with Crippen LogP contribution in [-0.4, -0.2) is 25.9 Å². The molecule has 0 aromatic carbocycles. The number of rotatable bonds is 6. The van der Waals surface area contributed by atoms with Crippen LogP contribution in [0.25, 0.3) is 0 Å². The molecule has 0 saturated carbocycles. The van der Waals surface area contributed by atoms with Crippen LogP contribution in [0.3, 0.4) is 0 Å².